The van der Waals surface area contributed by atoms with Crippen LogP contribution in [-0.2, 0) is 4.79 Å². The van der Waals surface area contributed by atoms with E-state index in [1.165, 1.54) is 28.8 Å². The Morgan fingerprint density at radius 3 is 2.74 bits per heavy atom. The molecule has 0 aromatic heterocycles. The minimum absolute atomic E-state index is 0.184. The highest BCUT2D eigenvalue weighted by Gasteiger charge is 2.39. The van der Waals surface area contributed by atoms with Gasteiger partial charge in [-0.25, -0.2) is 9.18 Å². The number of aliphatic carboxylic acids is 1. The average molecular weight is 283 g/mol. The molecule has 1 saturated heterocycles. The number of hydrogen-bond donors (Lipinski definition) is 1. The zero-order chi connectivity index (χ0) is 14.2. The number of benzene rings is 1. The van der Waals surface area contributed by atoms with E-state index in [9.17, 15) is 14.0 Å². The SMILES string of the molecule is Cc1ccc(C(=O)N2C(C)SCC2C(=O)O)cc1F. The number of carbonyl (C=O) groups excluding carboxylic acids is 1. The van der Waals surface area contributed by atoms with E-state index in [1.807, 2.05) is 0 Å². The van der Waals surface area contributed by atoms with Crippen molar-refractivity contribution in [2.45, 2.75) is 25.3 Å². The summed E-state index contributed by atoms with van der Waals surface area (Å²) in [6.07, 6.45) is 0. The van der Waals surface area contributed by atoms with Gasteiger partial charge in [0, 0.05) is 11.3 Å². The third-order valence-electron chi connectivity index (χ3n) is 3.16. The number of carboxylic acid groups (broad SMARTS) is 1. The number of thioether (sulfide) groups is 1. The molecule has 1 N–H and O–H groups in total. The summed E-state index contributed by atoms with van der Waals surface area (Å²) < 4.78 is 13.5. The molecule has 2 unspecified atom stereocenters. The largest absolute Gasteiger partial charge is 0.480 e. The van der Waals surface area contributed by atoms with Crippen molar-refractivity contribution in [3.63, 3.8) is 0 Å². The quantitative estimate of drug-likeness (QED) is 0.903. The molecule has 1 aliphatic heterocycles. The van der Waals surface area contributed by atoms with Crippen LogP contribution < -0.4 is 0 Å². The zero-order valence-corrected chi connectivity index (χ0v) is 11.4. The third kappa shape index (κ3) is 2.58. The number of amides is 1. The first-order chi connectivity index (χ1) is 8.91. The van der Waals surface area contributed by atoms with Crippen LogP contribution in [0.15, 0.2) is 18.2 Å². The van der Waals surface area contributed by atoms with E-state index in [-0.39, 0.29) is 10.9 Å². The molecular weight excluding hydrogens is 269 g/mol. The number of carbonyl (C=O) groups is 2. The predicted molar refractivity (Wildman–Crippen MR) is 70.7 cm³/mol. The Balaban J connectivity index is 2.31. The molecule has 19 heavy (non-hydrogen) atoms. The van der Waals surface area contributed by atoms with Crippen molar-refractivity contribution in [3.8, 4) is 0 Å². The molecule has 102 valence electrons. The van der Waals surface area contributed by atoms with Gasteiger partial charge in [-0.15, -0.1) is 11.8 Å². The number of aryl methyl sites for hydroxylation is 1. The Hall–Kier alpha value is -1.56. The van der Waals surface area contributed by atoms with Crippen molar-refractivity contribution in [1.82, 2.24) is 4.90 Å². The van der Waals surface area contributed by atoms with Crippen LogP contribution in [0.5, 0.6) is 0 Å². The van der Waals surface area contributed by atoms with Gasteiger partial charge in [-0.1, -0.05) is 6.07 Å². The van der Waals surface area contributed by atoms with Gasteiger partial charge in [0.15, 0.2) is 0 Å². The second-order valence-corrected chi connectivity index (χ2v) is 5.81. The van der Waals surface area contributed by atoms with Crippen LogP contribution in [0.3, 0.4) is 0 Å². The van der Waals surface area contributed by atoms with Crippen molar-refractivity contribution in [2.24, 2.45) is 0 Å². The molecule has 1 fully saturated rings. The molecule has 1 aromatic rings. The second kappa shape index (κ2) is 5.21. The summed E-state index contributed by atoms with van der Waals surface area (Å²) >= 11 is 1.40. The number of hydrogen-bond acceptors (Lipinski definition) is 3. The molecule has 0 bridgehead atoms. The lowest BCUT2D eigenvalue weighted by molar-refractivity contribution is -0.141. The summed E-state index contributed by atoms with van der Waals surface area (Å²) in [6, 6.07) is 3.35. The fourth-order valence-electron chi connectivity index (χ4n) is 2.02. The number of halogens is 1. The minimum atomic E-state index is -1.03. The minimum Gasteiger partial charge on any atom is -0.480 e. The van der Waals surface area contributed by atoms with Gasteiger partial charge in [0.2, 0.25) is 0 Å². The van der Waals surface area contributed by atoms with Crippen molar-refractivity contribution < 1.29 is 19.1 Å². The molecule has 1 aliphatic rings. The maximum Gasteiger partial charge on any atom is 0.327 e. The maximum atomic E-state index is 13.5. The number of rotatable bonds is 2. The van der Waals surface area contributed by atoms with Crippen molar-refractivity contribution in [1.29, 1.82) is 0 Å². The lowest BCUT2D eigenvalue weighted by atomic mass is 10.1. The fraction of sp³-hybridized carbons (Fsp3) is 0.385. The molecular formula is C13H14FNO3S. The average Bonchev–Trinajstić information content (AvgIpc) is 2.74. The molecule has 0 saturated carbocycles. The Bertz CT molecular complexity index is 535. The maximum absolute atomic E-state index is 13.5. The summed E-state index contributed by atoms with van der Waals surface area (Å²) in [5, 5.41) is 8.89. The van der Waals surface area contributed by atoms with E-state index in [0.717, 1.165) is 6.07 Å². The molecule has 0 radical (unpaired) electrons. The Morgan fingerprint density at radius 2 is 2.16 bits per heavy atom. The van der Waals surface area contributed by atoms with Gasteiger partial charge in [0.05, 0.1) is 5.37 Å². The third-order valence-corrected chi connectivity index (χ3v) is 4.38. The summed E-state index contributed by atoms with van der Waals surface area (Å²) in [6.45, 7) is 3.38. The zero-order valence-electron chi connectivity index (χ0n) is 10.6. The van der Waals surface area contributed by atoms with Crippen LogP contribution in [0.2, 0.25) is 0 Å². The van der Waals surface area contributed by atoms with Crippen LogP contribution in [0.4, 0.5) is 4.39 Å². The van der Waals surface area contributed by atoms with Crippen LogP contribution in [0.1, 0.15) is 22.8 Å². The molecule has 1 aromatic carbocycles. The van der Waals surface area contributed by atoms with Gasteiger partial charge >= 0.3 is 5.97 Å². The fourth-order valence-corrected chi connectivity index (χ4v) is 3.18. The van der Waals surface area contributed by atoms with Gasteiger partial charge < -0.3 is 10.0 Å². The molecule has 0 spiro atoms. The predicted octanol–water partition coefficient (Wildman–Crippen LogP) is 2.12. The monoisotopic (exact) mass is 283 g/mol. The Labute approximate surface area is 114 Å². The summed E-state index contributed by atoms with van der Waals surface area (Å²) in [7, 11) is 0. The summed E-state index contributed by atoms with van der Waals surface area (Å²) in [5.74, 6) is -1.57. The van der Waals surface area contributed by atoms with Crippen molar-refractivity contribution in [3.05, 3.63) is 35.1 Å². The summed E-state index contributed by atoms with van der Waals surface area (Å²) in [4.78, 5) is 24.8. The van der Waals surface area contributed by atoms with Crippen molar-refractivity contribution in [2.75, 3.05) is 5.75 Å². The Morgan fingerprint density at radius 1 is 1.47 bits per heavy atom. The lowest BCUT2D eigenvalue weighted by Crippen LogP contribution is -2.44. The normalized spacial score (nSPS) is 22.6. The van der Waals surface area contributed by atoms with Gasteiger partial charge in [-0.05, 0) is 31.5 Å². The molecule has 2 rings (SSSR count). The standard InChI is InChI=1S/C13H14FNO3S/c1-7-3-4-9(5-10(7)14)12(16)15-8(2)19-6-11(15)13(17)18/h3-5,8,11H,6H2,1-2H3,(H,17,18). The molecule has 2 atom stereocenters. The van der Waals surface area contributed by atoms with Gasteiger partial charge in [-0.3, -0.25) is 4.79 Å². The number of carboxylic acids is 1. The highest BCUT2D eigenvalue weighted by molar-refractivity contribution is 8.00. The highest BCUT2D eigenvalue weighted by atomic mass is 32.2. The van der Waals surface area contributed by atoms with E-state index in [0.29, 0.717) is 11.3 Å². The number of nitrogens with zero attached hydrogens (tertiary/aromatic N) is 1. The van der Waals surface area contributed by atoms with Crippen molar-refractivity contribution >= 4 is 23.6 Å². The topological polar surface area (TPSA) is 57.6 Å². The van der Waals surface area contributed by atoms with Gasteiger partial charge in [0.1, 0.15) is 11.9 Å². The van der Waals surface area contributed by atoms with Crippen LogP contribution in [0.25, 0.3) is 0 Å². The first kappa shape index (κ1) is 13.9. The summed E-state index contributed by atoms with van der Waals surface area (Å²) in [5.41, 5.74) is 0.638. The Kier molecular flexibility index (Phi) is 3.80. The molecule has 4 nitrogen and oxygen atoms in total. The molecule has 0 aliphatic carbocycles. The van der Waals surface area contributed by atoms with Gasteiger partial charge in [0.25, 0.3) is 5.91 Å². The van der Waals surface area contributed by atoms with E-state index >= 15 is 0 Å². The van der Waals surface area contributed by atoms with Gasteiger partial charge in [-0.2, -0.15) is 0 Å². The lowest BCUT2D eigenvalue weighted by Gasteiger charge is -2.25. The van der Waals surface area contributed by atoms with E-state index < -0.39 is 23.7 Å². The highest BCUT2D eigenvalue weighted by Crippen LogP contribution is 2.30. The molecule has 6 heteroatoms. The van der Waals surface area contributed by atoms with Crippen LogP contribution in [-0.4, -0.2) is 39.1 Å². The second-order valence-electron chi connectivity index (χ2n) is 4.46. The van der Waals surface area contributed by atoms with E-state index in [4.69, 9.17) is 5.11 Å². The first-order valence-corrected chi connectivity index (χ1v) is 6.90. The van der Waals surface area contributed by atoms with E-state index in [2.05, 4.69) is 0 Å². The molecule has 1 heterocycles. The van der Waals surface area contributed by atoms with E-state index in [1.54, 1.807) is 13.8 Å². The van der Waals surface area contributed by atoms with Crippen LogP contribution in [0, 0.1) is 12.7 Å². The smallest absolute Gasteiger partial charge is 0.327 e. The molecule has 1 amide bonds. The van der Waals surface area contributed by atoms with Crippen LogP contribution >= 0.6 is 11.8 Å². The first-order valence-electron chi connectivity index (χ1n) is 5.85.